The van der Waals surface area contributed by atoms with Crippen molar-refractivity contribution in [1.29, 1.82) is 0 Å². The van der Waals surface area contributed by atoms with E-state index < -0.39 is 64.7 Å². The van der Waals surface area contributed by atoms with E-state index in [1.165, 1.54) is 21.0 Å². The van der Waals surface area contributed by atoms with Crippen LogP contribution in [0, 0.1) is 28.6 Å². The van der Waals surface area contributed by atoms with Crippen LogP contribution in [-0.4, -0.2) is 55.6 Å². The summed E-state index contributed by atoms with van der Waals surface area (Å²) < 4.78 is 20.9. The molecule has 0 aromatic heterocycles. The Morgan fingerprint density at radius 3 is 2.35 bits per heavy atom. The number of carbonyl (C=O) groups excluding carboxylic acids is 5. The molecule has 3 rings (SSSR count). The van der Waals surface area contributed by atoms with Crippen molar-refractivity contribution in [2.24, 2.45) is 28.6 Å². The van der Waals surface area contributed by atoms with Gasteiger partial charge in [0.05, 0.1) is 18.9 Å². The molecule has 1 aliphatic heterocycles. The molecule has 0 radical (unpaired) electrons. The molecule has 3 aliphatic rings. The number of ether oxygens (including phenoxy) is 4. The molecule has 3 fully saturated rings. The lowest BCUT2D eigenvalue weighted by Crippen LogP contribution is -2.65. The number of hydrogen-bond acceptors (Lipinski definition) is 9. The summed E-state index contributed by atoms with van der Waals surface area (Å²) in [5.41, 5.74) is -1.62. The van der Waals surface area contributed by atoms with Crippen LogP contribution in [0.4, 0.5) is 0 Å². The van der Waals surface area contributed by atoms with Crippen LogP contribution in [0.1, 0.15) is 53.4 Å². The van der Waals surface area contributed by atoms with Crippen molar-refractivity contribution in [3.63, 3.8) is 0 Å². The molecule has 2 saturated carbocycles. The molecule has 172 valence electrons. The third-order valence-corrected chi connectivity index (χ3v) is 7.44. The number of methoxy groups -OCH3 is 1. The Morgan fingerprint density at radius 2 is 1.77 bits per heavy atom. The van der Waals surface area contributed by atoms with Crippen LogP contribution >= 0.6 is 0 Å². The van der Waals surface area contributed by atoms with Gasteiger partial charge in [0.15, 0.2) is 11.9 Å². The molecule has 2 aliphatic carbocycles. The van der Waals surface area contributed by atoms with Crippen molar-refractivity contribution in [1.82, 2.24) is 0 Å². The molecule has 0 aromatic carbocycles. The van der Waals surface area contributed by atoms with Crippen LogP contribution in [-0.2, 0) is 42.9 Å². The van der Waals surface area contributed by atoms with Gasteiger partial charge < -0.3 is 18.9 Å². The van der Waals surface area contributed by atoms with Gasteiger partial charge in [-0.2, -0.15) is 0 Å². The van der Waals surface area contributed by atoms with E-state index in [-0.39, 0.29) is 18.8 Å². The van der Waals surface area contributed by atoms with Gasteiger partial charge in [0.2, 0.25) is 0 Å². The van der Waals surface area contributed by atoms with Gasteiger partial charge >= 0.3 is 23.9 Å². The van der Waals surface area contributed by atoms with Crippen molar-refractivity contribution >= 4 is 29.7 Å². The zero-order valence-electron chi connectivity index (χ0n) is 18.6. The summed E-state index contributed by atoms with van der Waals surface area (Å²) in [6.45, 7) is 6.11. The second-order valence-corrected chi connectivity index (χ2v) is 9.41. The van der Waals surface area contributed by atoms with E-state index in [9.17, 15) is 24.0 Å². The highest BCUT2D eigenvalue weighted by Crippen LogP contribution is 2.64. The van der Waals surface area contributed by atoms with E-state index in [2.05, 4.69) is 0 Å². The fourth-order valence-corrected chi connectivity index (χ4v) is 6.24. The number of rotatable bonds is 4. The molecule has 0 N–H and O–H groups in total. The topological polar surface area (TPSA) is 122 Å². The van der Waals surface area contributed by atoms with Crippen LogP contribution < -0.4 is 0 Å². The highest BCUT2D eigenvalue weighted by molar-refractivity contribution is 5.93. The third kappa shape index (κ3) is 3.94. The fraction of sp³-hybridized carbons (Fsp3) is 0.773. The van der Waals surface area contributed by atoms with Crippen LogP contribution in [0.25, 0.3) is 0 Å². The highest BCUT2D eigenvalue weighted by Gasteiger charge is 2.67. The Hall–Kier alpha value is -2.45. The number of Topliss-reactive ketones (excluding diaryl/α,β-unsaturated/α-hetero) is 1. The first-order valence-corrected chi connectivity index (χ1v) is 10.6. The first-order valence-electron chi connectivity index (χ1n) is 10.6. The Balaban J connectivity index is 2.03. The van der Waals surface area contributed by atoms with E-state index in [0.29, 0.717) is 19.3 Å². The van der Waals surface area contributed by atoms with Gasteiger partial charge in [0.1, 0.15) is 12.7 Å². The number of fused-ring (bicyclic) bond motifs is 3. The summed E-state index contributed by atoms with van der Waals surface area (Å²) >= 11 is 0. The van der Waals surface area contributed by atoms with Crippen molar-refractivity contribution in [3.8, 4) is 0 Å². The molecule has 9 heteroatoms. The average molecular weight is 438 g/mol. The Bertz CT molecular complexity index is 805. The summed E-state index contributed by atoms with van der Waals surface area (Å²) in [5.74, 6) is -4.23. The molecule has 7 atom stereocenters. The third-order valence-electron chi connectivity index (χ3n) is 7.44. The fourth-order valence-electron chi connectivity index (χ4n) is 6.24. The van der Waals surface area contributed by atoms with Crippen molar-refractivity contribution in [2.45, 2.75) is 65.6 Å². The number of ketones is 1. The molecule has 9 nitrogen and oxygen atoms in total. The van der Waals surface area contributed by atoms with E-state index in [1.807, 2.05) is 13.8 Å². The molecule has 0 bridgehead atoms. The summed E-state index contributed by atoms with van der Waals surface area (Å²) in [6, 6.07) is 0. The van der Waals surface area contributed by atoms with Crippen LogP contribution in [0.5, 0.6) is 0 Å². The van der Waals surface area contributed by atoms with Gasteiger partial charge in [-0.25, -0.2) is 0 Å². The lowest BCUT2D eigenvalue weighted by Gasteiger charge is -2.60. The largest absolute Gasteiger partial charge is 0.469 e. The monoisotopic (exact) mass is 438 g/mol. The molecule has 0 amide bonds. The molecule has 0 aromatic rings. The molecule has 0 unspecified atom stereocenters. The zero-order valence-corrected chi connectivity index (χ0v) is 18.6. The molecule has 31 heavy (non-hydrogen) atoms. The van der Waals surface area contributed by atoms with Crippen LogP contribution in [0.15, 0.2) is 0 Å². The van der Waals surface area contributed by atoms with Crippen molar-refractivity contribution < 1.29 is 42.9 Å². The Morgan fingerprint density at radius 1 is 1.10 bits per heavy atom. The summed E-state index contributed by atoms with van der Waals surface area (Å²) in [7, 11) is 1.29. The van der Waals surface area contributed by atoms with E-state index in [0.717, 1.165) is 0 Å². The van der Waals surface area contributed by atoms with Crippen LogP contribution in [0.3, 0.4) is 0 Å². The van der Waals surface area contributed by atoms with E-state index in [1.54, 1.807) is 0 Å². The van der Waals surface area contributed by atoms with Gasteiger partial charge in [-0.3, -0.25) is 24.0 Å². The molecule has 1 heterocycles. The average Bonchev–Trinajstić information content (AvgIpc) is 2.66. The maximum atomic E-state index is 13.6. The maximum absolute atomic E-state index is 13.6. The number of hydrogen-bond donors (Lipinski definition) is 0. The van der Waals surface area contributed by atoms with Gasteiger partial charge in [0.25, 0.3) is 0 Å². The molecule has 0 spiro atoms. The van der Waals surface area contributed by atoms with Gasteiger partial charge in [-0.1, -0.05) is 13.8 Å². The summed E-state index contributed by atoms with van der Waals surface area (Å²) in [5, 5.41) is 0. The zero-order chi connectivity index (χ0) is 23.1. The van der Waals surface area contributed by atoms with Crippen LogP contribution in [0.2, 0.25) is 0 Å². The van der Waals surface area contributed by atoms with E-state index >= 15 is 0 Å². The normalized spacial score (nSPS) is 39.5. The van der Waals surface area contributed by atoms with Gasteiger partial charge in [-0.05, 0) is 30.1 Å². The lowest BCUT2D eigenvalue weighted by molar-refractivity contribution is -0.213. The standard InChI is InChI=1S/C22H30O9/c1-11(23)29-10-13-9-22(4)14(20(27)31-13)6-7-21(3)15(19(26)28-5)8-16(30-12(2)24)17(25)18(21)22/h13-16,18H,6-10H2,1-5H3/t13-,14-,15-,16-,18-,21-,22-/m0/s1. The quantitative estimate of drug-likeness (QED) is 0.476. The Kier molecular flexibility index (Phi) is 6.17. The van der Waals surface area contributed by atoms with Crippen molar-refractivity contribution in [3.05, 3.63) is 0 Å². The number of esters is 4. The second-order valence-electron chi connectivity index (χ2n) is 9.41. The first-order chi connectivity index (χ1) is 14.4. The summed E-state index contributed by atoms with van der Waals surface area (Å²) in [4.78, 5) is 62.1. The molecular formula is C22H30O9. The van der Waals surface area contributed by atoms with Crippen molar-refractivity contribution in [2.75, 3.05) is 13.7 Å². The molecular weight excluding hydrogens is 408 g/mol. The predicted molar refractivity (Wildman–Crippen MR) is 104 cm³/mol. The minimum atomic E-state index is -1.08. The lowest BCUT2D eigenvalue weighted by atomic mass is 9.43. The van der Waals surface area contributed by atoms with Gasteiger partial charge in [-0.15, -0.1) is 0 Å². The molecule has 1 saturated heterocycles. The summed E-state index contributed by atoms with van der Waals surface area (Å²) in [6.07, 6.45) is -0.510. The number of carbonyl (C=O) groups is 5. The maximum Gasteiger partial charge on any atom is 0.309 e. The second kappa shape index (κ2) is 8.24. The predicted octanol–water partition coefficient (Wildman–Crippen LogP) is 1.60. The minimum absolute atomic E-state index is 0.0557. The Labute approximate surface area is 181 Å². The highest BCUT2D eigenvalue weighted by atomic mass is 16.6. The first kappa shape index (κ1) is 23.2. The SMILES string of the molecule is COC(=O)[C@@H]1C[C@H](OC(C)=O)C(=O)[C@H]2[C@@]1(C)CC[C@H]1C(=O)O[C@H](COC(C)=O)C[C@]21C. The smallest absolute Gasteiger partial charge is 0.309 e. The van der Waals surface area contributed by atoms with Gasteiger partial charge in [0, 0.05) is 26.2 Å². The number of cyclic esters (lactones) is 1. The minimum Gasteiger partial charge on any atom is -0.469 e. The van der Waals surface area contributed by atoms with E-state index in [4.69, 9.17) is 18.9 Å².